The molecule has 1 atom stereocenters. The van der Waals surface area contributed by atoms with Gasteiger partial charge >= 0.3 is 17.8 Å². The van der Waals surface area contributed by atoms with E-state index in [4.69, 9.17) is 0 Å². The summed E-state index contributed by atoms with van der Waals surface area (Å²) < 4.78 is 6.35. The zero-order valence-electron chi connectivity index (χ0n) is 15.0. The van der Waals surface area contributed by atoms with Gasteiger partial charge in [-0.05, 0) is 41.8 Å². The van der Waals surface area contributed by atoms with Crippen LogP contribution in [0.2, 0.25) is 0 Å². The number of hydrogen-bond acceptors (Lipinski definition) is 6. The summed E-state index contributed by atoms with van der Waals surface area (Å²) in [5, 5.41) is 11.3. The number of ether oxygens (including phenoxy) is 1. The smallest absolute Gasteiger partial charge is 0.337 e. The Morgan fingerprint density at radius 3 is 2.54 bits per heavy atom. The number of carbonyl (C=O) groups excluding carboxylic acids is 3. The first kappa shape index (κ1) is 19.3. The van der Waals surface area contributed by atoms with Crippen LogP contribution in [0.5, 0.6) is 0 Å². The average molecular weight is 398 g/mol. The molecule has 0 aliphatic carbocycles. The number of amides is 2. The molecule has 8 nitrogen and oxygen atoms in total. The van der Waals surface area contributed by atoms with Crippen LogP contribution in [0.3, 0.4) is 0 Å². The van der Waals surface area contributed by atoms with Crippen molar-refractivity contribution in [1.82, 2.24) is 15.1 Å². The highest BCUT2D eigenvalue weighted by Gasteiger charge is 2.19. The van der Waals surface area contributed by atoms with Crippen LogP contribution in [0.4, 0.5) is 5.69 Å². The van der Waals surface area contributed by atoms with Gasteiger partial charge < -0.3 is 15.4 Å². The minimum absolute atomic E-state index is 0.203. The second kappa shape index (κ2) is 8.96. The second-order valence-electron chi connectivity index (χ2n) is 5.75. The Hall–Kier alpha value is -3.46. The van der Waals surface area contributed by atoms with Crippen LogP contribution in [-0.2, 0) is 14.3 Å². The summed E-state index contributed by atoms with van der Waals surface area (Å²) in [4.78, 5) is 36.8. The number of thiophene rings is 1. The predicted molar refractivity (Wildman–Crippen MR) is 104 cm³/mol. The van der Waals surface area contributed by atoms with Crippen LogP contribution in [-0.4, -0.2) is 41.2 Å². The molecule has 0 aliphatic heterocycles. The van der Waals surface area contributed by atoms with Gasteiger partial charge in [0.25, 0.3) is 0 Å². The van der Waals surface area contributed by atoms with Gasteiger partial charge in [-0.1, -0.05) is 6.07 Å². The van der Waals surface area contributed by atoms with E-state index in [1.165, 1.54) is 31.4 Å². The molecule has 2 amide bonds. The summed E-state index contributed by atoms with van der Waals surface area (Å²) in [6.07, 6.45) is 3.46. The van der Waals surface area contributed by atoms with Crippen LogP contribution in [0.1, 0.15) is 21.3 Å². The van der Waals surface area contributed by atoms with Crippen LogP contribution < -0.4 is 10.6 Å². The molecule has 1 unspecified atom stereocenters. The first-order valence-electron chi connectivity index (χ1n) is 8.38. The van der Waals surface area contributed by atoms with Gasteiger partial charge in [0.15, 0.2) is 0 Å². The van der Waals surface area contributed by atoms with Crippen molar-refractivity contribution in [3.05, 3.63) is 70.7 Å². The molecular formula is C19H18N4O4S. The molecule has 2 N–H and O–H groups in total. The van der Waals surface area contributed by atoms with Crippen molar-refractivity contribution in [2.45, 2.75) is 6.04 Å². The minimum Gasteiger partial charge on any atom is -0.465 e. The van der Waals surface area contributed by atoms with Crippen molar-refractivity contribution in [2.24, 2.45) is 0 Å². The van der Waals surface area contributed by atoms with E-state index in [0.29, 0.717) is 11.3 Å². The molecule has 0 bridgehead atoms. The Labute approximate surface area is 165 Å². The number of hydrogen-bond donors (Lipinski definition) is 2. The lowest BCUT2D eigenvalue weighted by atomic mass is 10.2. The van der Waals surface area contributed by atoms with Gasteiger partial charge in [-0.25, -0.2) is 4.79 Å². The summed E-state index contributed by atoms with van der Waals surface area (Å²) >= 11 is 1.55. The largest absolute Gasteiger partial charge is 0.465 e. The summed E-state index contributed by atoms with van der Waals surface area (Å²) in [6.45, 7) is 0.218. The fraction of sp³-hybridized carbons (Fsp3) is 0.158. The first-order valence-corrected chi connectivity index (χ1v) is 9.26. The maximum atomic E-state index is 12.2. The molecule has 2 aromatic heterocycles. The number of nitrogens with zero attached hydrogens (tertiary/aromatic N) is 2. The Balaban J connectivity index is 1.59. The van der Waals surface area contributed by atoms with Gasteiger partial charge in [-0.2, -0.15) is 5.10 Å². The molecule has 1 aromatic carbocycles. The maximum absolute atomic E-state index is 12.2. The maximum Gasteiger partial charge on any atom is 0.337 e. The van der Waals surface area contributed by atoms with E-state index in [0.717, 1.165) is 4.88 Å². The summed E-state index contributed by atoms with van der Waals surface area (Å²) in [5.41, 5.74) is 0.748. The molecule has 28 heavy (non-hydrogen) atoms. The Morgan fingerprint density at radius 1 is 1.14 bits per heavy atom. The molecular weight excluding hydrogens is 380 g/mol. The fourth-order valence-electron chi connectivity index (χ4n) is 2.54. The predicted octanol–water partition coefficient (Wildman–Crippen LogP) is 2.08. The van der Waals surface area contributed by atoms with Gasteiger partial charge in [0.05, 0.1) is 12.7 Å². The molecule has 0 saturated carbocycles. The molecule has 0 fully saturated rings. The lowest BCUT2D eigenvalue weighted by Gasteiger charge is -2.17. The van der Waals surface area contributed by atoms with Gasteiger partial charge in [-0.3, -0.25) is 14.3 Å². The Morgan fingerprint density at radius 2 is 1.93 bits per heavy atom. The quantitative estimate of drug-likeness (QED) is 0.489. The number of esters is 1. The fourth-order valence-corrected chi connectivity index (χ4v) is 3.36. The monoisotopic (exact) mass is 398 g/mol. The normalized spacial score (nSPS) is 11.5. The van der Waals surface area contributed by atoms with Crippen molar-refractivity contribution in [2.75, 3.05) is 19.0 Å². The number of anilines is 1. The zero-order valence-corrected chi connectivity index (χ0v) is 15.8. The molecule has 144 valence electrons. The third-order valence-electron chi connectivity index (χ3n) is 3.94. The first-order chi connectivity index (χ1) is 13.6. The van der Waals surface area contributed by atoms with Crippen LogP contribution >= 0.6 is 11.3 Å². The molecule has 3 aromatic rings. The van der Waals surface area contributed by atoms with Gasteiger partial charge in [0, 0.05) is 29.5 Å². The molecule has 9 heteroatoms. The molecule has 2 heterocycles. The van der Waals surface area contributed by atoms with Crippen molar-refractivity contribution in [1.29, 1.82) is 0 Å². The lowest BCUT2D eigenvalue weighted by Crippen LogP contribution is -2.38. The van der Waals surface area contributed by atoms with E-state index in [1.54, 1.807) is 34.5 Å². The van der Waals surface area contributed by atoms with Crippen molar-refractivity contribution < 1.29 is 19.1 Å². The highest BCUT2D eigenvalue weighted by Crippen LogP contribution is 2.21. The average Bonchev–Trinajstić information content (AvgIpc) is 3.42. The SMILES string of the molecule is COC(=O)c1ccc(NC(=O)C(=O)NCC(c2cccs2)n2cccn2)cc1. The lowest BCUT2D eigenvalue weighted by molar-refractivity contribution is -0.136. The van der Waals surface area contributed by atoms with Crippen molar-refractivity contribution in [3.8, 4) is 0 Å². The third-order valence-corrected chi connectivity index (χ3v) is 4.92. The molecule has 0 spiro atoms. The topological polar surface area (TPSA) is 102 Å². The summed E-state index contributed by atoms with van der Waals surface area (Å²) in [7, 11) is 1.29. The summed E-state index contributed by atoms with van der Waals surface area (Å²) in [6, 6.07) is 11.5. The van der Waals surface area contributed by atoms with Crippen LogP contribution in [0.25, 0.3) is 0 Å². The number of benzene rings is 1. The number of carbonyl (C=O) groups is 3. The molecule has 0 radical (unpaired) electrons. The van der Waals surface area contributed by atoms with E-state index in [-0.39, 0.29) is 12.6 Å². The standard InChI is InChI=1S/C19H18N4O4S/c1-27-19(26)13-5-7-14(8-6-13)22-18(25)17(24)20-12-15(16-4-2-11-28-16)23-10-3-9-21-23/h2-11,15H,12H2,1H3,(H,20,24)(H,22,25). The van der Waals surface area contributed by atoms with Crippen LogP contribution in [0, 0.1) is 0 Å². The highest BCUT2D eigenvalue weighted by molar-refractivity contribution is 7.10. The summed E-state index contributed by atoms with van der Waals surface area (Å²) in [5.74, 6) is -2.03. The minimum atomic E-state index is -0.795. The Kier molecular flexibility index (Phi) is 6.18. The van der Waals surface area contributed by atoms with E-state index in [2.05, 4.69) is 20.5 Å². The Bertz CT molecular complexity index is 903. The van der Waals surface area contributed by atoms with Crippen molar-refractivity contribution in [3.63, 3.8) is 0 Å². The molecule has 0 aliphatic rings. The van der Waals surface area contributed by atoms with E-state index < -0.39 is 17.8 Å². The number of rotatable bonds is 6. The van der Waals surface area contributed by atoms with Gasteiger partial charge in [0.2, 0.25) is 0 Å². The van der Waals surface area contributed by atoms with Crippen LogP contribution in [0.15, 0.2) is 60.2 Å². The number of methoxy groups -OCH3 is 1. The zero-order chi connectivity index (χ0) is 19.9. The van der Waals surface area contributed by atoms with E-state index in [1.807, 2.05) is 17.5 Å². The van der Waals surface area contributed by atoms with Gasteiger partial charge in [-0.15, -0.1) is 11.3 Å². The molecule has 3 rings (SSSR count). The third kappa shape index (κ3) is 4.63. The molecule has 0 saturated heterocycles. The van der Waals surface area contributed by atoms with E-state index >= 15 is 0 Å². The number of nitrogens with one attached hydrogen (secondary N) is 2. The van der Waals surface area contributed by atoms with E-state index in [9.17, 15) is 14.4 Å². The number of aromatic nitrogens is 2. The second-order valence-corrected chi connectivity index (χ2v) is 6.73. The van der Waals surface area contributed by atoms with Gasteiger partial charge in [0.1, 0.15) is 6.04 Å². The highest BCUT2D eigenvalue weighted by atomic mass is 32.1. The van der Waals surface area contributed by atoms with Crippen molar-refractivity contribution >= 4 is 34.8 Å².